The molecule has 1 aliphatic rings. The Morgan fingerprint density at radius 3 is 2.58 bits per heavy atom. The molecule has 0 amide bonds. The predicted octanol–water partition coefficient (Wildman–Crippen LogP) is 5.60. The first-order valence-corrected chi connectivity index (χ1v) is 9.02. The lowest BCUT2D eigenvalue weighted by Gasteiger charge is -2.16. The van der Waals surface area contributed by atoms with Gasteiger partial charge in [0.05, 0.1) is 6.61 Å². The van der Waals surface area contributed by atoms with Gasteiger partial charge in [0.15, 0.2) is 5.78 Å². The van der Waals surface area contributed by atoms with Crippen molar-refractivity contribution in [2.45, 2.75) is 44.9 Å². The largest absolute Gasteiger partial charge is 0.384 e. The molecule has 1 unspecified atom stereocenters. The molecule has 0 saturated heterocycles. The summed E-state index contributed by atoms with van der Waals surface area (Å²) in [6.45, 7) is 2.81. The van der Waals surface area contributed by atoms with E-state index in [-0.39, 0.29) is 11.7 Å². The first-order chi connectivity index (χ1) is 11.8. The average Bonchev–Trinajstić information content (AvgIpc) is 2.93. The molecule has 0 fully saturated rings. The third-order valence-corrected chi connectivity index (χ3v) is 4.97. The van der Waals surface area contributed by atoms with Crippen LogP contribution >= 0.6 is 0 Å². The van der Waals surface area contributed by atoms with E-state index in [1.807, 2.05) is 12.1 Å². The number of carbonyl (C=O) groups excluding carboxylic acids is 1. The molecule has 24 heavy (non-hydrogen) atoms. The second kappa shape index (κ2) is 7.76. The van der Waals surface area contributed by atoms with Crippen LogP contribution in [0.25, 0.3) is 11.1 Å². The van der Waals surface area contributed by atoms with Crippen molar-refractivity contribution in [1.82, 2.24) is 0 Å². The Bertz CT molecular complexity index is 718. The van der Waals surface area contributed by atoms with E-state index >= 15 is 0 Å². The van der Waals surface area contributed by atoms with Gasteiger partial charge in [0.1, 0.15) is 0 Å². The molecular formula is C22H26O2. The number of unbranched alkanes of at least 4 members (excludes halogenated alkanes) is 3. The quantitative estimate of drug-likeness (QED) is 0.467. The smallest absolute Gasteiger partial charge is 0.163 e. The number of ether oxygens (including phenoxy) is 1. The number of rotatable bonds is 8. The van der Waals surface area contributed by atoms with E-state index in [1.54, 1.807) is 7.11 Å². The lowest BCUT2D eigenvalue weighted by Crippen LogP contribution is -2.11. The molecule has 2 heteroatoms. The zero-order chi connectivity index (χ0) is 16.9. The van der Waals surface area contributed by atoms with Crippen LogP contribution in [0.4, 0.5) is 0 Å². The van der Waals surface area contributed by atoms with Crippen molar-refractivity contribution in [2.24, 2.45) is 0 Å². The fraction of sp³-hybridized carbons (Fsp3) is 0.409. The second-order valence-electron chi connectivity index (χ2n) is 6.60. The zero-order valence-electron chi connectivity index (χ0n) is 14.7. The molecule has 0 heterocycles. The number of fused-ring (bicyclic) bond motifs is 3. The predicted molar refractivity (Wildman–Crippen MR) is 98.7 cm³/mol. The standard InChI is InChI=1S/C22H26O2/c1-3-4-5-6-14-21(23)19-13-9-12-18-16-10-7-8-11-17(16)20(15-24-2)22(18)19/h7-13,20H,3-6,14-15H2,1-2H3. The highest BCUT2D eigenvalue weighted by Gasteiger charge is 2.31. The van der Waals surface area contributed by atoms with Crippen LogP contribution < -0.4 is 0 Å². The minimum atomic E-state index is 0.164. The Labute approximate surface area is 144 Å². The highest BCUT2D eigenvalue weighted by molar-refractivity contribution is 6.01. The van der Waals surface area contributed by atoms with Gasteiger partial charge in [-0.1, -0.05) is 68.7 Å². The van der Waals surface area contributed by atoms with Crippen molar-refractivity contribution >= 4 is 5.78 Å². The molecule has 1 aliphatic carbocycles. The molecule has 2 aromatic rings. The summed E-state index contributed by atoms with van der Waals surface area (Å²) in [5.74, 6) is 0.439. The Hall–Kier alpha value is -1.93. The molecule has 0 radical (unpaired) electrons. The number of hydrogen-bond acceptors (Lipinski definition) is 2. The molecule has 0 aromatic heterocycles. The van der Waals surface area contributed by atoms with Crippen molar-refractivity contribution in [2.75, 3.05) is 13.7 Å². The monoisotopic (exact) mass is 322 g/mol. The van der Waals surface area contributed by atoms with Gasteiger partial charge in [0, 0.05) is 25.0 Å². The fourth-order valence-corrected chi connectivity index (χ4v) is 3.81. The van der Waals surface area contributed by atoms with Crippen molar-refractivity contribution in [3.05, 3.63) is 59.2 Å². The number of ketones is 1. The van der Waals surface area contributed by atoms with Crippen LogP contribution in [0.15, 0.2) is 42.5 Å². The summed E-state index contributed by atoms with van der Waals surface area (Å²) in [4.78, 5) is 12.8. The molecular weight excluding hydrogens is 296 g/mol. The fourth-order valence-electron chi connectivity index (χ4n) is 3.81. The molecule has 2 aromatic carbocycles. The van der Waals surface area contributed by atoms with Gasteiger partial charge in [-0.3, -0.25) is 4.79 Å². The average molecular weight is 322 g/mol. The van der Waals surface area contributed by atoms with Crippen LogP contribution in [0.5, 0.6) is 0 Å². The Morgan fingerprint density at radius 1 is 1.00 bits per heavy atom. The van der Waals surface area contributed by atoms with Crippen LogP contribution in [-0.4, -0.2) is 19.5 Å². The third-order valence-electron chi connectivity index (χ3n) is 4.97. The second-order valence-corrected chi connectivity index (χ2v) is 6.60. The summed E-state index contributed by atoms with van der Waals surface area (Å²) in [7, 11) is 1.73. The summed E-state index contributed by atoms with van der Waals surface area (Å²) in [5, 5.41) is 0. The van der Waals surface area contributed by atoms with Gasteiger partial charge in [0.2, 0.25) is 0 Å². The van der Waals surface area contributed by atoms with E-state index in [2.05, 4.69) is 37.3 Å². The van der Waals surface area contributed by atoms with E-state index in [9.17, 15) is 4.79 Å². The summed E-state index contributed by atoms with van der Waals surface area (Å²) < 4.78 is 5.48. The minimum Gasteiger partial charge on any atom is -0.384 e. The van der Waals surface area contributed by atoms with Gasteiger partial charge >= 0.3 is 0 Å². The van der Waals surface area contributed by atoms with E-state index in [1.165, 1.54) is 35.1 Å². The normalized spacial score (nSPS) is 15.2. The molecule has 0 spiro atoms. The molecule has 0 saturated carbocycles. The molecule has 0 N–H and O–H groups in total. The molecule has 0 aliphatic heterocycles. The summed E-state index contributed by atoms with van der Waals surface area (Å²) in [6.07, 6.45) is 5.17. The van der Waals surface area contributed by atoms with Gasteiger partial charge in [-0.2, -0.15) is 0 Å². The lowest BCUT2D eigenvalue weighted by atomic mass is 9.90. The maximum atomic E-state index is 12.8. The zero-order valence-corrected chi connectivity index (χ0v) is 14.7. The topological polar surface area (TPSA) is 26.3 Å². The van der Waals surface area contributed by atoms with Crippen molar-refractivity contribution in [3.8, 4) is 11.1 Å². The van der Waals surface area contributed by atoms with Crippen molar-refractivity contribution < 1.29 is 9.53 Å². The van der Waals surface area contributed by atoms with Gasteiger partial charge < -0.3 is 4.74 Å². The molecule has 126 valence electrons. The highest BCUT2D eigenvalue weighted by Crippen LogP contribution is 2.46. The Balaban J connectivity index is 1.93. The van der Waals surface area contributed by atoms with E-state index in [4.69, 9.17) is 4.74 Å². The molecule has 1 atom stereocenters. The van der Waals surface area contributed by atoms with Crippen LogP contribution in [0.2, 0.25) is 0 Å². The molecule has 3 rings (SSSR count). The van der Waals surface area contributed by atoms with Crippen LogP contribution in [0.3, 0.4) is 0 Å². The SMILES string of the molecule is CCCCCCC(=O)c1cccc2c1C(COC)c1ccccc1-2. The maximum absolute atomic E-state index is 12.8. The number of methoxy groups -OCH3 is 1. The number of Topliss-reactive ketones (excluding diaryl/α,β-unsaturated/α-hetero) is 1. The summed E-state index contributed by atoms with van der Waals surface area (Å²) in [6, 6.07) is 14.6. The first-order valence-electron chi connectivity index (χ1n) is 9.02. The van der Waals surface area contributed by atoms with E-state index in [0.717, 1.165) is 18.4 Å². The maximum Gasteiger partial charge on any atom is 0.163 e. The van der Waals surface area contributed by atoms with Gasteiger partial charge in [-0.25, -0.2) is 0 Å². The van der Waals surface area contributed by atoms with Gasteiger partial charge in [-0.05, 0) is 28.7 Å². The van der Waals surface area contributed by atoms with E-state index < -0.39 is 0 Å². The number of carbonyl (C=O) groups is 1. The Kier molecular flexibility index (Phi) is 5.47. The summed E-state index contributed by atoms with van der Waals surface area (Å²) >= 11 is 0. The third kappa shape index (κ3) is 3.16. The highest BCUT2D eigenvalue weighted by atomic mass is 16.5. The first kappa shape index (κ1) is 16.9. The molecule has 2 nitrogen and oxygen atoms in total. The van der Waals surface area contributed by atoms with Crippen LogP contribution in [0.1, 0.15) is 66.4 Å². The number of hydrogen-bond donors (Lipinski definition) is 0. The van der Waals surface area contributed by atoms with E-state index in [0.29, 0.717) is 13.0 Å². The van der Waals surface area contributed by atoms with Crippen molar-refractivity contribution in [1.29, 1.82) is 0 Å². The van der Waals surface area contributed by atoms with Gasteiger partial charge in [-0.15, -0.1) is 0 Å². The minimum absolute atomic E-state index is 0.164. The van der Waals surface area contributed by atoms with Crippen molar-refractivity contribution in [3.63, 3.8) is 0 Å². The van der Waals surface area contributed by atoms with Gasteiger partial charge in [0.25, 0.3) is 0 Å². The van der Waals surface area contributed by atoms with Crippen LogP contribution in [0, 0.1) is 0 Å². The molecule has 0 bridgehead atoms. The number of benzene rings is 2. The lowest BCUT2D eigenvalue weighted by molar-refractivity contribution is 0.0977. The van der Waals surface area contributed by atoms with Crippen LogP contribution in [-0.2, 0) is 4.74 Å². The Morgan fingerprint density at radius 2 is 1.79 bits per heavy atom. The summed E-state index contributed by atoms with van der Waals surface area (Å²) in [5.41, 5.74) is 5.78.